The lowest BCUT2D eigenvalue weighted by molar-refractivity contribution is -0.384. The van der Waals surface area contributed by atoms with Crippen LogP contribution >= 0.6 is 23.1 Å². The molecule has 46 heavy (non-hydrogen) atoms. The zero-order chi connectivity index (χ0) is 32.5. The van der Waals surface area contributed by atoms with Gasteiger partial charge < -0.3 is 19.8 Å². The van der Waals surface area contributed by atoms with Crippen LogP contribution in [0, 0.1) is 16.0 Å². The number of thiazole rings is 1. The number of nitrogens with zero attached hydrogens (tertiary/aromatic N) is 2. The number of carbonyl (C=O) groups excluding carboxylic acids is 4. The number of hydrogen-bond donors (Lipinski definition) is 2. The lowest BCUT2D eigenvalue weighted by atomic mass is 9.83. The molecule has 3 aromatic carbocycles. The fraction of sp³-hybridized carbons (Fsp3) is 0.194. The van der Waals surface area contributed by atoms with Crippen molar-refractivity contribution >= 4 is 63.9 Å². The summed E-state index contributed by atoms with van der Waals surface area (Å²) in [4.78, 5) is 78.7. The van der Waals surface area contributed by atoms with E-state index in [1.54, 1.807) is 55.5 Å². The van der Waals surface area contributed by atoms with Gasteiger partial charge in [-0.1, -0.05) is 35.2 Å². The van der Waals surface area contributed by atoms with E-state index in [4.69, 9.17) is 9.47 Å². The Morgan fingerprint density at radius 1 is 0.978 bits per heavy atom. The Morgan fingerprint density at radius 3 is 2.33 bits per heavy atom. The third-order valence-corrected chi connectivity index (χ3v) is 9.83. The van der Waals surface area contributed by atoms with E-state index in [9.17, 15) is 34.1 Å². The summed E-state index contributed by atoms with van der Waals surface area (Å²) in [6.45, 7) is 1.67. The maximum atomic E-state index is 13.8. The van der Waals surface area contributed by atoms with Crippen molar-refractivity contribution in [3.05, 3.63) is 109 Å². The summed E-state index contributed by atoms with van der Waals surface area (Å²) in [5.41, 5.74) is 1.55. The van der Waals surface area contributed by atoms with Crippen LogP contribution in [-0.4, -0.2) is 52.1 Å². The van der Waals surface area contributed by atoms with Gasteiger partial charge in [-0.2, -0.15) is 0 Å². The number of carbonyl (C=O) groups is 4. The number of amides is 3. The highest BCUT2D eigenvalue weighted by Crippen LogP contribution is 2.53. The SMILES string of the molecule is CCOC(=O)c1ccc(NC(=O)COc2ccc([C@H]3c4sc(=O)[nH]c4SC4C(=O)N(c5ccc([N+](=O)[O-])cc5)C(=O)C43)cc2)cc1. The van der Waals surface area contributed by atoms with Crippen LogP contribution in [-0.2, 0) is 19.1 Å². The van der Waals surface area contributed by atoms with Crippen molar-refractivity contribution in [1.82, 2.24) is 4.98 Å². The Kier molecular flexibility index (Phi) is 8.42. The molecule has 2 aliphatic rings. The van der Waals surface area contributed by atoms with Gasteiger partial charge in [-0.3, -0.25) is 29.3 Å². The Balaban J connectivity index is 1.18. The third kappa shape index (κ3) is 5.89. The zero-order valence-corrected chi connectivity index (χ0v) is 25.6. The average molecular weight is 661 g/mol. The second-order valence-electron chi connectivity index (χ2n) is 10.2. The molecule has 1 aromatic heterocycles. The lowest BCUT2D eigenvalue weighted by Gasteiger charge is -2.29. The number of anilines is 2. The summed E-state index contributed by atoms with van der Waals surface area (Å²) < 4.78 is 10.6. The molecule has 0 spiro atoms. The van der Waals surface area contributed by atoms with Gasteiger partial charge in [-0.15, -0.1) is 0 Å². The number of esters is 1. The summed E-state index contributed by atoms with van der Waals surface area (Å²) in [6.07, 6.45) is 0. The van der Waals surface area contributed by atoms with Crippen molar-refractivity contribution < 1.29 is 33.6 Å². The number of nitro benzene ring substituents is 1. The van der Waals surface area contributed by atoms with Crippen molar-refractivity contribution in [2.75, 3.05) is 23.4 Å². The first-order valence-electron chi connectivity index (χ1n) is 14.0. The maximum Gasteiger partial charge on any atom is 0.338 e. The molecule has 3 amide bonds. The van der Waals surface area contributed by atoms with Crippen molar-refractivity contribution in [2.45, 2.75) is 23.1 Å². The van der Waals surface area contributed by atoms with Crippen LogP contribution in [0.1, 0.15) is 33.6 Å². The molecule has 6 rings (SSSR count). The van der Waals surface area contributed by atoms with E-state index in [-0.39, 0.29) is 29.5 Å². The fourth-order valence-corrected chi connectivity index (χ4v) is 7.89. The predicted molar refractivity (Wildman–Crippen MR) is 168 cm³/mol. The van der Waals surface area contributed by atoms with Crippen LogP contribution in [0.5, 0.6) is 5.75 Å². The van der Waals surface area contributed by atoms with E-state index >= 15 is 0 Å². The first-order valence-corrected chi connectivity index (χ1v) is 15.7. The molecule has 15 heteroatoms. The van der Waals surface area contributed by atoms with Crippen LogP contribution in [0.4, 0.5) is 17.1 Å². The Hall–Kier alpha value is -5.28. The van der Waals surface area contributed by atoms with E-state index in [0.717, 1.165) is 28.0 Å². The molecule has 2 N–H and O–H groups in total. The van der Waals surface area contributed by atoms with Gasteiger partial charge in [0.05, 0.1) is 33.7 Å². The normalized spacial score (nSPS) is 18.5. The number of aromatic amines is 1. The zero-order valence-electron chi connectivity index (χ0n) is 24.0. The standard InChI is InChI=1S/C31H24N4O9S2/c1-2-43-30(39)17-3-7-18(8-4-17)32-22(36)15-44-21-13-5-16(6-14-21)23-24-26(45-27-25(23)46-31(40)33-27)29(38)34(28(24)37)19-9-11-20(12-10-19)35(41)42/h3-14,23-24,26H,2,15H2,1H3,(H,32,36)(H,33,40)/t23-,24?,26?/m1/s1. The second-order valence-corrected chi connectivity index (χ2v) is 12.4. The third-order valence-electron chi connectivity index (χ3n) is 7.43. The van der Waals surface area contributed by atoms with Gasteiger partial charge in [-0.25, -0.2) is 9.69 Å². The van der Waals surface area contributed by atoms with Crippen LogP contribution in [0.2, 0.25) is 0 Å². The first kappa shape index (κ1) is 30.7. The molecular weight excluding hydrogens is 636 g/mol. The summed E-state index contributed by atoms with van der Waals surface area (Å²) >= 11 is 2.10. The van der Waals surface area contributed by atoms with Crippen molar-refractivity contribution in [2.24, 2.45) is 5.92 Å². The number of fused-ring (bicyclic) bond motifs is 2. The van der Waals surface area contributed by atoms with E-state index in [0.29, 0.717) is 32.5 Å². The average Bonchev–Trinajstić information content (AvgIpc) is 3.54. The number of H-pyrrole nitrogens is 1. The number of rotatable bonds is 9. The van der Waals surface area contributed by atoms with Crippen molar-refractivity contribution in [3.63, 3.8) is 0 Å². The number of ether oxygens (including phenoxy) is 2. The first-order chi connectivity index (χ1) is 22.1. The number of nitro groups is 1. The number of benzene rings is 3. The molecule has 0 aliphatic carbocycles. The number of hydrogen-bond acceptors (Lipinski definition) is 11. The molecule has 13 nitrogen and oxygen atoms in total. The van der Waals surface area contributed by atoms with E-state index in [1.165, 1.54) is 24.3 Å². The van der Waals surface area contributed by atoms with Gasteiger partial charge in [0, 0.05) is 28.6 Å². The molecule has 0 radical (unpaired) electrons. The molecule has 4 aromatic rings. The summed E-state index contributed by atoms with van der Waals surface area (Å²) in [5, 5.41) is 13.5. The van der Waals surface area contributed by atoms with Crippen LogP contribution in [0.3, 0.4) is 0 Å². The molecular formula is C31H24N4O9S2. The molecule has 2 aliphatic heterocycles. The van der Waals surface area contributed by atoms with Crippen LogP contribution in [0.25, 0.3) is 0 Å². The molecule has 3 heterocycles. The molecule has 234 valence electrons. The number of nitrogens with one attached hydrogen (secondary N) is 2. The Morgan fingerprint density at radius 2 is 1.67 bits per heavy atom. The van der Waals surface area contributed by atoms with Gasteiger partial charge in [0.2, 0.25) is 11.8 Å². The largest absolute Gasteiger partial charge is 0.484 e. The molecule has 3 atom stereocenters. The molecule has 2 unspecified atom stereocenters. The minimum Gasteiger partial charge on any atom is -0.484 e. The van der Waals surface area contributed by atoms with Crippen molar-refractivity contribution in [1.29, 1.82) is 0 Å². The van der Waals surface area contributed by atoms with Gasteiger partial charge in [0.25, 0.3) is 11.6 Å². The molecule has 0 bridgehead atoms. The summed E-state index contributed by atoms with van der Waals surface area (Å²) in [7, 11) is 0. The Bertz CT molecular complexity index is 1900. The highest BCUT2D eigenvalue weighted by molar-refractivity contribution is 8.00. The van der Waals surface area contributed by atoms with E-state index < -0.39 is 45.7 Å². The van der Waals surface area contributed by atoms with Crippen LogP contribution < -0.4 is 19.8 Å². The fourth-order valence-electron chi connectivity index (χ4n) is 5.38. The van der Waals surface area contributed by atoms with E-state index in [2.05, 4.69) is 10.3 Å². The molecule has 0 saturated carbocycles. The highest BCUT2D eigenvalue weighted by atomic mass is 32.2. The van der Waals surface area contributed by atoms with Crippen LogP contribution in [0.15, 0.2) is 82.6 Å². The quantitative estimate of drug-likeness (QED) is 0.114. The number of non-ortho nitro benzene ring substituents is 1. The topological polar surface area (TPSA) is 178 Å². The Labute approximate surface area is 268 Å². The minimum atomic E-state index is -0.834. The molecule has 1 fully saturated rings. The monoisotopic (exact) mass is 660 g/mol. The lowest BCUT2D eigenvalue weighted by Crippen LogP contribution is -2.32. The maximum absolute atomic E-state index is 13.8. The van der Waals surface area contributed by atoms with Gasteiger partial charge in [0.15, 0.2) is 6.61 Å². The molecule has 1 saturated heterocycles. The highest BCUT2D eigenvalue weighted by Gasteiger charge is 2.56. The number of imide groups is 1. The summed E-state index contributed by atoms with van der Waals surface area (Å²) in [5.74, 6) is -2.91. The van der Waals surface area contributed by atoms with Gasteiger partial charge >= 0.3 is 10.8 Å². The minimum absolute atomic E-state index is 0.170. The number of aromatic nitrogens is 1. The summed E-state index contributed by atoms with van der Waals surface area (Å²) in [6, 6.07) is 18.2. The van der Waals surface area contributed by atoms with E-state index in [1.807, 2.05) is 0 Å². The van der Waals surface area contributed by atoms with Crippen molar-refractivity contribution in [3.8, 4) is 5.75 Å². The van der Waals surface area contributed by atoms with Gasteiger partial charge in [-0.05, 0) is 61.0 Å². The predicted octanol–water partition coefficient (Wildman–Crippen LogP) is 4.33. The second kappa shape index (κ2) is 12.6. The number of thioether (sulfide) groups is 1. The smallest absolute Gasteiger partial charge is 0.338 e. The van der Waals surface area contributed by atoms with Gasteiger partial charge in [0.1, 0.15) is 11.0 Å².